The fourth-order valence-electron chi connectivity index (χ4n) is 2.97. The van der Waals surface area contributed by atoms with Crippen LogP contribution in [0.1, 0.15) is 30.0 Å². The van der Waals surface area contributed by atoms with Crippen LogP contribution in [0.2, 0.25) is 0 Å². The van der Waals surface area contributed by atoms with Gasteiger partial charge in [-0.2, -0.15) is 5.26 Å². The van der Waals surface area contributed by atoms with E-state index in [1.165, 1.54) is 11.3 Å². The highest BCUT2D eigenvalue weighted by atomic mass is 32.1. The zero-order valence-electron chi connectivity index (χ0n) is 13.9. The topological polar surface area (TPSA) is 62.1 Å². The minimum absolute atomic E-state index is 0.109. The molecule has 0 spiro atoms. The van der Waals surface area contributed by atoms with E-state index in [9.17, 15) is 10.1 Å². The van der Waals surface area contributed by atoms with Gasteiger partial charge in [0.2, 0.25) is 0 Å². The van der Waals surface area contributed by atoms with Gasteiger partial charge in [0.15, 0.2) is 6.61 Å². The fraction of sp³-hybridized carbons (Fsp3) is 0.316. The molecule has 1 aliphatic carbocycles. The molecule has 0 bridgehead atoms. The number of anilines is 1. The quantitative estimate of drug-likeness (QED) is 0.806. The number of rotatable bonds is 4. The summed E-state index contributed by atoms with van der Waals surface area (Å²) in [6.45, 7) is 2.09. The van der Waals surface area contributed by atoms with Crippen molar-refractivity contribution in [3.8, 4) is 11.8 Å². The molecular weight excluding hydrogens is 352 g/mol. The Balaban J connectivity index is 1.78. The highest BCUT2D eigenvalue weighted by Gasteiger charge is 2.23. The average molecular weight is 370 g/mol. The normalized spacial score (nSPS) is 15.8. The standard InChI is InChI=1S/C19H18N2O2S2/c1-12-7-8-14-15(9-12)19(24)25-18(16(14)10-20)21-17(22)11-23-13-5-3-2-4-6-13/h2-6,12H,7-9,11H2,1H3,(H,21,22). The predicted octanol–water partition coefficient (Wildman–Crippen LogP) is 4.49. The zero-order chi connectivity index (χ0) is 17.8. The molecule has 0 saturated heterocycles. The molecule has 0 fully saturated rings. The van der Waals surface area contributed by atoms with Crippen LogP contribution in [-0.4, -0.2) is 12.5 Å². The summed E-state index contributed by atoms with van der Waals surface area (Å²) >= 11 is 6.81. The van der Waals surface area contributed by atoms with E-state index in [1.54, 1.807) is 12.1 Å². The van der Waals surface area contributed by atoms with Crippen LogP contribution in [0.15, 0.2) is 30.3 Å². The molecule has 1 amide bonds. The first-order valence-corrected chi connectivity index (χ1v) is 9.37. The second-order valence-corrected chi connectivity index (χ2v) is 7.85. The van der Waals surface area contributed by atoms with E-state index >= 15 is 0 Å². The van der Waals surface area contributed by atoms with E-state index in [0.717, 1.165) is 34.2 Å². The SMILES string of the molecule is CC1CCc2c(C#N)c(NC(=O)COc3ccccc3)sc(=S)c2C1. The smallest absolute Gasteiger partial charge is 0.262 e. The number of hydrogen-bond acceptors (Lipinski definition) is 5. The van der Waals surface area contributed by atoms with Gasteiger partial charge < -0.3 is 10.1 Å². The summed E-state index contributed by atoms with van der Waals surface area (Å²) in [6, 6.07) is 11.4. The van der Waals surface area contributed by atoms with Crippen molar-refractivity contribution < 1.29 is 9.53 Å². The van der Waals surface area contributed by atoms with Crippen LogP contribution in [0.3, 0.4) is 0 Å². The van der Waals surface area contributed by atoms with E-state index < -0.39 is 0 Å². The molecule has 1 aromatic heterocycles. The summed E-state index contributed by atoms with van der Waals surface area (Å²) in [4.78, 5) is 12.2. The number of hydrogen-bond donors (Lipinski definition) is 1. The summed E-state index contributed by atoms with van der Waals surface area (Å²) < 4.78 is 6.22. The Labute approximate surface area is 156 Å². The lowest BCUT2D eigenvalue weighted by atomic mass is 9.85. The summed E-state index contributed by atoms with van der Waals surface area (Å²) in [5, 5.41) is 12.9. The number of carbonyl (C=O) groups is 1. The van der Waals surface area contributed by atoms with E-state index in [-0.39, 0.29) is 12.5 Å². The Kier molecular flexibility index (Phi) is 5.47. The molecule has 1 unspecified atom stereocenters. The monoisotopic (exact) mass is 370 g/mol. The molecule has 1 N–H and O–H groups in total. The summed E-state index contributed by atoms with van der Waals surface area (Å²) in [6.07, 6.45) is 2.78. The van der Waals surface area contributed by atoms with Crippen LogP contribution in [0.5, 0.6) is 5.75 Å². The number of ether oxygens (including phenoxy) is 1. The van der Waals surface area contributed by atoms with E-state index in [0.29, 0.717) is 22.2 Å². The Hall–Kier alpha value is -2.23. The first-order valence-electron chi connectivity index (χ1n) is 8.15. The highest BCUT2D eigenvalue weighted by Crippen LogP contribution is 2.35. The molecule has 6 heteroatoms. The van der Waals surface area contributed by atoms with Crippen LogP contribution >= 0.6 is 23.6 Å². The minimum atomic E-state index is -0.296. The molecule has 2 aromatic rings. The maximum atomic E-state index is 12.2. The largest absolute Gasteiger partial charge is 0.484 e. The maximum Gasteiger partial charge on any atom is 0.262 e. The molecule has 1 aliphatic rings. The first kappa shape index (κ1) is 17.6. The van der Waals surface area contributed by atoms with Crippen LogP contribution in [0.25, 0.3) is 0 Å². The van der Waals surface area contributed by atoms with Crippen molar-refractivity contribution in [1.82, 2.24) is 0 Å². The Morgan fingerprint density at radius 3 is 2.88 bits per heavy atom. The number of carbonyl (C=O) groups excluding carboxylic acids is 1. The maximum absolute atomic E-state index is 12.2. The number of para-hydroxylation sites is 1. The van der Waals surface area contributed by atoms with Crippen LogP contribution in [-0.2, 0) is 17.6 Å². The number of fused-ring (bicyclic) bond motifs is 1. The van der Waals surface area contributed by atoms with Crippen molar-refractivity contribution in [1.29, 1.82) is 5.26 Å². The zero-order valence-corrected chi connectivity index (χ0v) is 15.5. The van der Waals surface area contributed by atoms with Crippen molar-refractivity contribution in [2.45, 2.75) is 26.2 Å². The summed E-state index contributed by atoms with van der Waals surface area (Å²) in [7, 11) is 0. The first-order chi connectivity index (χ1) is 12.1. The van der Waals surface area contributed by atoms with Gasteiger partial charge in [0, 0.05) is 0 Å². The van der Waals surface area contributed by atoms with Crippen molar-refractivity contribution in [2.75, 3.05) is 11.9 Å². The van der Waals surface area contributed by atoms with Crippen LogP contribution < -0.4 is 10.1 Å². The molecule has 128 valence electrons. The molecule has 3 rings (SSSR count). The number of nitrogens with one attached hydrogen (secondary N) is 1. The van der Waals surface area contributed by atoms with Gasteiger partial charge in [0.05, 0.1) is 9.39 Å². The van der Waals surface area contributed by atoms with Gasteiger partial charge in [0.1, 0.15) is 16.8 Å². The predicted molar refractivity (Wildman–Crippen MR) is 102 cm³/mol. The number of nitriles is 1. The van der Waals surface area contributed by atoms with Gasteiger partial charge in [-0.1, -0.05) is 37.3 Å². The number of nitrogens with zero attached hydrogens (tertiary/aromatic N) is 1. The third-order valence-corrected chi connectivity index (χ3v) is 5.69. The van der Waals surface area contributed by atoms with Crippen molar-refractivity contribution in [3.05, 3.63) is 50.8 Å². The van der Waals surface area contributed by atoms with Crippen molar-refractivity contribution in [3.63, 3.8) is 0 Å². The van der Waals surface area contributed by atoms with Gasteiger partial charge >= 0.3 is 0 Å². The van der Waals surface area contributed by atoms with Gasteiger partial charge in [-0.15, -0.1) is 11.3 Å². The summed E-state index contributed by atoms with van der Waals surface area (Å²) in [5.74, 6) is 0.910. The third-order valence-electron chi connectivity index (χ3n) is 4.25. The second kappa shape index (κ2) is 7.77. The van der Waals surface area contributed by atoms with Crippen LogP contribution in [0, 0.1) is 21.1 Å². The van der Waals surface area contributed by atoms with Gasteiger partial charge in [-0.05, 0) is 48.4 Å². The lowest BCUT2D eigenvalue weighted by Crippen LogP contribution is -2.21. The van der Waals surface area contributed by atoms with E-state index in [2.05, 4.69) is 18.3 Å². The Bertz CT molecular complexity index is 885. The highest BCUT2D eigenvalue weighted by molar-refractivity contribution is 7.73. The minimum Gasteiger partial charge on any atom is -0.484 e. The summed E-state index contributed by atoms with van der Waals surface area (Å²) in [5.41, 5.74) is 2.66. The lowest BCUT2D eigenvalue weighted by molar-refractivity contribution is -0.118. The number of amides is 1. The Morgan fingerprint density at radius 2 is 2.16 bits per heavy atom. The van der Waals surface area contributed by atoms with Gasteiger partial charge in [-0.3, -0.25) is 4.79 Å². The Morgan fingerprint density at radius 1 is 1.40 bits per heavy atom. The average Bonchev–Trinajstić information content (AvgIpc) is 2.62. The molecule has 1 atom stereocenters. The second-order valence-electron chi connectivity index (χ2n) is 6.16. The lowest BCUT2D eigenvalue weighted by Gasteiger charge is -2.23. The van der Waals surface area contributed by atoms with Gasteiger partial charge in [0.25, 0.3) is 5.91 Å². The molecule has 0 radical (unpaired) electrons. The number of benzene rings is 1. The molecule has 0 aliphatic heterocycles. The fourth-order valence-corrected chi connectivity index (χ4v) is 4.38. The molecular formula is C19H18N2O2S2. The van der Waals surface area contributed by atoms with Crippen molar-refractivity contribution >= 4 is 34.5 Å². The van der Waals surface area contributed by atoms with E-state index in [4.69, 9.17) is 17.0 Å². The van der Waals surface area contributed by atoms with Crippen molar-refractivity contribution in [2.24, 2.45) is 5.92 Å². The van der Waals surface area contributed by atoms with E-state index in [1.807, 2.05) is 18.2 Å². The van der Waals surface area contributed by atoms with Gasteiger partial charge in [-0.25, -0.2) is 0 Å². The molecule has 1 aromatic carbocycles. The van der Waals surface area contributed by atoms with Crippen LogP contribution in [0.4, 0.5) is 5.00 Å². The molecule has 25 heavy (non-hydrogen) atoms. The molecule has 0 saturated carbocycles. The third kappa shape index (κ3) is 4.06. The molecule has 4 nitrogen and oxygen atoms in total. The molecule has 1 heterocycles.